The van der Waals surface area contributed by atoms with Crippen molar-refractivity contribution >= 4 is 0 Å². The van der Waals surface area contributed by atoms with Gasteiger partial charge in [-0.2, -0.15) is 0 Å². The molecule has 0 spiro atoms. The first-order valence-corrected chi connectivity index (χ1v) is 5.68. The zero-order chi connectivity index (χ0) is 9.97. The lowest BCUT2D eigenvalue weighted by molar-refractivity contribution is 0.110. The van der Waals surface area contributed by atoms with Gasteiger partial charge < -0.3 is 4.90 Å². The van der Waals surface area contributed by atoms with E-state index < -0.39 is 0 Å². The second kappa shape index (κ2) is 4.45. The van der Waals surface area contributed by atoms with Gasteiger partial charge in [-0.15, -0.1) is 0 Å². The summed E-state index contributed by atoms with van der Waals surface area (Å²) >= 11 is 0. The van der Waals surface area contributed by atoms with E-state index in [1.54, 1.807) is 0 Å². The molecule has 79 valence electrons. The molecule has 0 N–H and O–H groups in total. The van der Waals surface area contributed by atoms with Gasteiger partial charge in [-0.05, 0) is 12.3 Å². The van der Waals surface area contributed by atoms with Crippen LogP contribution in [0.4, 0.5) is 0 Å². The minimum absolute atomic E-state index is 0.767. The van der Waals surface area contributed by atoms with Gasteiger partial charge in [0.15, 0.2) is 0 Å². The standard InChI is InChI=1S/C12H21N2/c1-11(2)10-13-6-8-14(9-7-13)12-4-3-5-12/h3-4,12H,5-10H2,1-2H3. The quantitative estimate of drug-likeness (QED) is 0.627. The summed E-state index contributed by atoms with van der Waals surface area (Å²) in [6.45, 7) is 10.6. The van der Waals surface area contributed by atoms with Crippen LogP contribution in [-0.2, 0) is 0 Å². The average molecular weight is 193 g/mol. The SMILES string of the molecule is C[C](C)CN1CCN(C2C=CC2)CC1. The Morgan fingerprint density at radius 1 is 1.21 bits per heavy atom. The third kappa shape index (κ3) is 2.37. The summed E-state index contributed by atoms with van der Waals surface area (Å²) in [6.07, 6.45) is 5.90. The van der Waals surface area contributed by atoms with Gasteiger partial charge in [-0.3, -0.25) is 4.90 Å². The predicted octanol–water partition coefficient (Wildman–Crippen LogP) is 1.55. The summed E-state index contributed by atoms with van der Waals surface area (Å²) in [4.78, 5) is 5.18. The maximum absolute atomic E-state index is 2.61. The Labute approximate surface area is 87.6 Å². The minimum Gasteiger partial charge on any atom is -0.300 e. The van der Waals surface area contributed by atoms with Crippen LogP contribution in [0, 0.1) is 5.92 Å². The van der Waals surface area contributed by atoms with Crippen LogP contribution in [-0.4, -0.2) is 48.6 Å². The second-order valence-electron chi connectivity index (χ2n) is 4.75. The van der Waals surface area contributed by atoms with Crippen LogP contribution in [0.15, 0.2) is 12.2 Å². The number of hydrogen-bond acceptors (Lipinski definition) is 2. The number of rotatable bonds is 3. The van der Waals surface area contributed by atoms with Crippen LogP contribution in [0.5, 0.6) is 0 Å². The molecule has 2 rings (SSSR count). The molecule has 1 heterocycles. The first kappa shape index (κ1) is 10.2. The summed E-state index contributed by atoms with van der Waals surface area (Å²) in [7, 11) is 0. The van der Waals surface area contributed by atoms with Gasteiger partial charge in [0, 0.05) is 38.8 Å². The molecule has 1 aliphatic carbocycles. The van der Waals surface area contributed by atoms with E-state index in [1.165, 1.54) is 45.1 Å². The predicted molar refractivity (Wildman–Crippen MR) is 60.1 cm³/mol. The molecule has 1 fully saturated rings. The topological polar surface area (TPSA) is 6.48 Å². The molecule has 0 aromatic rings. The second-order valence-corrected chi connectivity index (χ2v) is 4.75. The maximum atomic E-state index is 2.61. The fourth-order valence-electron chi connectivity index (χ4n) is 2.23. The van der Waals surface area contributed by atoms with Gasteiger partial charge in [-0.25, -0.2) is 0 Å². The molecule has 14 heavy (non-hydrogen) atoms. The van der Waals surface area contributed by atoms with E-state index in [0.29, 0.717) is 0 Å². The van der Waals surface area contributed by atoms with E-state index in [0.717, 1.165) is 6.04 Å². The van der Waals surface area contributed by atoms with Crippen molar-refractivity contribution in [2.75, 3.05) is 32.7 Å². The van der Waals surface area contributed by atoms with Gasteiger partial charge in [0.05, 0.1) is 0 Å². The van der Waals surface area contributed by atoms with E-state index in [9.17, 15) is 0 Å². The average Bonchev–Trinajstić information content (AvgIpc) is 2.04. The fraction of sp³-hybridized carbons (Fsp3) is 0.750. The maximum Gasteiger partial charge on any atom is 0.0313 e. The number of piperazine rings is 1. The molecule has 0 aromatic heterocycles. The molecule has 0 aromatic carbocycles. The normalized spacial score (nSPS) is 29.5. The van der Waals surface area contributed by atoms with Crippen LogP contribution >= 0.6 is 0 Å². The van der Waals surface area contributed by atoms with Gasteiger partial charge >= 0.3 is 0 Å². The Bertz CT molecular complexity index is 202. The summed E-state index contributed by atoms with van der Waals surface area (Å²) < 4.78 is 0. The molecule has 0 saturated carbocycles. The van der Waals surface area contributed by atoms with Gasteiger partial charge in [-0.1, -0.05) is 26.0 Å². The molecule has 0 bridgehead atoms. The third-order valence-electron chi connectivity index (χ3n) is 3.15. The number of hydrogen-bond donors (Lipinski definition) is 0. The Morgan fingerprint density at radius 2 is 1.86 bits per heavy atom. The molecular weight excluding hydrogens is 172 g/mol. The highest BCUT2D eigenvalue weighted by molar-refractivity contribution is 5.08. The molecule has 2 aliphatic rings. The van der Waals surface area contributed by atoms with E-state index >= 15 is 0 Å². The highest BCUT2D eigenvalue weighted by Crippen LogP contribution is 2.18. The Morgan fingerprint density at radius 3 is 2.29 bits per heavy atom. The first-order chi connectivity index (χ1) is 6.75. The van der Waals surface area contributed by atoms with Crippen molar-refractivity contribution in [2.45, 2.75) is 26.3 Å². The van der Waals surface area contributed by atoms with Crippen molar-refractivity contribution in [1.29, 1.82) is 0 Å². The van der Waals surface area contributed by atoms with Crippen molar-refractivity contribution in [3.8, 4) is 0 Å². The number of nitrogens with zero attached hydrogens (tertiary/aromatic N) is 2. The Hall–Kier alpha value is -0.340. The lowest BCUT2D eigenvalue weighted by Gasteiger charge is -2.40. The van der Waals surface area contributed by atoms with Crippen molar-refractivity contribution < 1.29 is 0 Å². The third-order valence-corrected chi connectivity index (χ3v) is 3.15. The Balaban J connectivity index is 1.72. The monoisotopic (exact) mass is 193 g/mol. The molecular formula is C12H21N2. The molecule has 1 radical (unpaired) electrons. The van der Waals surface area contributed by atoms with Crippen molar-refractivity contribution in [3.05, 3.63) is 18.1 Å². The van der Waals surface area contributed by atoms with Gasteiger partial charge in [0.25, 0.3) is 0 Å². The minimum atomic E-state index is 0.767. The summed E-state index contributed by atoms with van der Waals surface area (Å²) in [5, 5.41) is 0. The van der Waals surface area contributed by atoms with Crippen LogP contribution in [0.3, 0.4) is 0 Å². The largest absolute Gasteiger partial charge is 0.300 e. The fourth-order valence-corrected chi connectivity index (χ4v) is 2.23. The summed E-state index contributed by atoms with van der Waals surface area (Å²) in [5.74, 6) is 1.53. The summed E-state index contributed by atoms with van der Waals surface area (Å²) in [6, 6.07) is 0.767. The van der Waals surface area contributed by atoms with Crippen molar-refractivity contribution in [3.63, 3.8) is 0 Å². The van der Waals surface area contributed by atoms with E-state index in [-0.39, 0.29) is 0 Å². The van der Waals surface area contributed by atoms with E-state index in [4.69, 9.17) is 0 Å². The summed E-state index contributed by atoms with van der Waals surface area (Å²) in [5.41, 5.74) is 0. The first-order valence-electron chi connectivity index (χ1n) is 5.68. The lowest BCUT2D eigenvalue weighted by Crippen LogP contribution is -2.51. The molecule has 1 unspecified atom stereocenters. The van der Waals surface area contributed by atoms with Crippen LogP contribution in [0.25, 0.3) is 0 Å². The molecule has 2 heteroatoms. The van der Waals surface area contributed by atoms with Crippen molar-refractivity contribution in [2.24, 2.45) is 0 Å². The zero-order valence-electron chi connectivity index (χ0n) is 9.37. The zero-order valence-corrected chi connectivity index (χ0v) is 9.37. The Kier molecular flexibility index (Phi) is 3.24. The molecule has 1 atom stereocenters. The van der Waals surface area contributed by atoms with Crippen LogP contribution in [0.1, 0.15) is 20.3 Å². The highest BCUT2D eigenvalue weighted by atomic mass is 15.3. The highest BCUT2D eigenvalue weighted by Gasteiger charge is 2.24. The smallest absolute Gasteiger partial charge is 0.0313 e. The lowest BCUT2D eigenvalue weighted by atomic mass is 10.0. The van der Waals surface area contributed by atoms with Crippen LogP contribution in [0.2, 0.25) is 0 Å². The van der Waals surface area contributed by atoms with Gasteiger partial charge in [0.2, 0.25) is 0 Å². The molecule has 1 saturated heterocycles. The molecule has 0 amide bonds. The van der Waals surface area contributed by atoms with E-state index in [1.807, 2.05) is 0 Å². The van der Waals surface area contributed by atoms with Crippen molar-refractivity contribution in [1.82, 2.24) is 9.80 Å². The van der Waals surface area contributed by atoms with E-state index in [2.05, 4.69) is 35.8 Å². The van der Waals surface area contributed by atoms with Gasteiger partial charge in [0.1, 0.15) is 0 Å². The van der Waals surface area contributed by atoms with Crippen LogP contribution < -0.4 is 0 Å². The molecule has 2 nitrogen and oxygen atoms in total. The molecule has 1 aliphatic heterocycles.